The Morgan fingerprint density at radius 3 is 2.70 bits per heavy atom. The number of anilines is 2. The van der Waals surface area contributed by atoms with E-state index in [1.54, 1.807) is 18.4 Å². The maximum absolute atomic E-state index is 5.44. The van der Waals surface area contributed by atoms with Gasteiger partial charge in [-0.3, -0.25) is 0 Å². The minimum atomic E-state index is -0.235. The molecule has 0 saturated heterocycles. The third-order valence-corrected chi connectivity index (χ3v) is 4.03. The van der Waals surface area contributed by atoms with Crippen molar-refractivity contribution in [3.63, 3.8) is 0 Å². The van der Waals surface area contributed by atoms with Crippen molar-refractivity contribution in [1.29, 1.82) is 0 Å². The lowest BCUT2D eigenvalue weighted by molar-refractivity contribution is 0.0343. The number of hydrogen-bond acceptors (Lipinski definition) is 6. The maximum atomic E-state index is 5.44. The lowest BCUT2D eigenvalue weighted by Crippen LogP contribution is -2.32. The number of ether oxygens (including phenoxy) is 1. The van der Waals surface area contributed by atoms with Gasteiger partial charge >= 0.3 is 0 Å². The SMILES string of the molecule is CCNc1nc(NCC(C)(C)OC)c2cc(C)sc2n1. The molecule has 0 aliphatic rings. The van der Waals surface area contributed by atoms with Crippen molar-refractivity contribution in [1.82, 2.24) is 9.97 Å². The molecule has 2 N–H and O–H groups in total. The molecule has 0 unspecified atom stereocenters. The van der Waals surface area contributed by atoms with Crippen LogP contribution in [0.2, 0.25) is 0 Å². The summed E-state index contributed by atoms with van der Waals surface area (Å²) in [6.07, 6.45) is 0. The molecule has 2 aromatic rings. The maximum Gasteiger partial charge on any atom is 0.226 e. The molecule has 0 aliphatic carbocycles. The van der Waals surface area contributed by atoms with E-state index >= 15 is 0 Å². The summed E-state index contributed by atoms with van der Waals surface area (Å²) in [5.41, 5.74) is -0.235. The normalized spacial score (nSPS) is 11.8. The van der Waals surface area contributed by atoms with Crippen LogP contribution >= 0.6 is 11.3 Å². The zero-order valence-corrected chi connectivity index (χ0v) is 13.5. The lowest BCUT2D eigenvalue weighted by atomic mass is 10.1. The second kappa shape index (κ2) is 5.93. The molecule has 2 heterocycles. The molecule has 0 spiro atoms. The first-order chi connectivity index (χ1) is 9.45. The highest BCUT2D eigenvalue weighted by atomic mass is 32.1. The van der Waals surface area contributed by atoms with E-state index in [-0.39, 0.29) is 5.60 Å². The van der Waals surface area contributed by atoms with E-state index in [1.807, 2.05) is 20.8 Å². The predicted molar refractivity (Wildman–Crippen MR) is 85.9 cm³/mol. The van der Waals surface area contributed by atoms with Crippen LogP contribution in [0.25, 0.3) is 10.2 Å². The highest BCUT2D eigenvalue weighted by Gasteiger charge is 2.18. The van der Waals surface area contributed by atoms with Crippen molar-refractivity contribution < 1.29 is 4.74 Å². The summed E-state index contributed by atoms with van der Waals surface area (Å²) < 4.78 is 5.44. The standard InChI is InChI=1S/C14H22N4OS/c1-6-15-13-17-11(16-8-14(3,4)19-5)10-7-9(2)20-12(10)18-13/h7H,6,8H2,1-5H3,(H2,15,16,17,18). The van der Waals surface area contributed by atoms with Crippen molar-refractivity contribution in [3.8, 4) is 0 Å². The number of thiophene rings is 1. The van der Waals surface area contributed by atoms with Gasteiger partial charge in [-0.05, 0) is 33.8 Å². The first-order valence-electron chi connectivity index (χ1n) is 6.76. The zero-order chi connectivity index (χ0) is 14.8. The van der Waals surface area contributed by atoms with Gasteiger partial charge in [-0.2, -0.15) is 4.98 Å². The first-order valence-corrected chi connectivity index (χ1v) is 7.58. The molecule has 0 saturated carbocycles. The van der Waals surface area contributed by atoms with Gasteiger partial charge in [0.05, 0.1) is 11.0 Å². The van der Waals surface area contributed by atoms with Crippen LogP contribution < -0.4 is 10.6 Å². The van der Waals surface area contributed by atoms with Gasteiger partial charge in [0.2, 0.25) is 5.95 Å². The van der Waals surface area contributed by atoms with E-state index in [0.29, 0.717) is 12.5 Å². The number of methoxy groups -OCH3 is 1. The van der Waals surface area contributed by atoms with Gasteiger partial charge in [0, 0.05) is 25.1 Å². The van der Waals surface area contributed by atoms with Gasteiger partial charge in [0.15, 0.2) is 0 Å². The summed E-state index contributed by atoms with van der Waals surface area (Å²) in [5, 5.41) is 7.63. The van der Waals surface area contributed by atoms with Crippen LogP contribution in [-0.2, 0) is 4.74 Å². The summed E-state index contributed by atoms with van der Waals surface area (Å²) in [7, 11) is 1.72. The average molecular weight is 294 g/mol. The Bertz CT molecular complexity index is 594. The number of aromatic nitrogens is 2. The Labute approximate surface area is 123 Å². The molecular weight excluding hydrogens is 272 g/mol. The van der Waals surface area contributed by atoms with Crippen LogP contribution in [0.4, 0.5) is 11.8 Å². The first kappa shape index (κ1) is 15.0. The number of hydrogen-bond donors (Lipinski definition) is 2. The molecule has 0 aromatic carbocycles. The van der Waals surface area contributed by atoms with E-state index in [9.17, 15) is 0 Å². The zero-order valence-electron chi connectivity index (χ0n) is 12.7. The fraction of sp³-hybridized carbons (Fsp3) is 0.571. The quantitative estimate of drug-likeness (QED) is 0.856. The van der Waals surface area contributed by atoms with Crippen molar-refractivity contribution in [2.24, 2.45) is 0 Å². The Kier molecular flexibility index (Phi) is 4.45. The summed E-state index contributed by atoms with van der Waals surface area (Å²) >= 11 is 1.68. The highest BCUT2D eigenvalue weighted by molar-refractivity contribution is 7.18. The Morgan fingerprint density at radius 2 is 2.05 bits per heavy atom. The van der Waals surface area contributed by atoms with E-state index in [1.165, 1.54) is 4.88 Å². The van der Waals surface area contributed by atoms with Crippen LogP contribution in [0.15, 0.2) is 6.07 Å². The lowest BCUT2D eigenvalue weighted by Gasteiger charge is -2.23. The molecule has 5 nitrogen and oxygen atoms in total. The predicted octanol–water partition coefficient (Wildman–Crippen LogP) is 3.27. The number of fused-ring (bicyclic) bond motifs is 1. The Morgan fingerprint density at radius 1 is 1.30 bits per heavy atom. The Hall–Kier alpha value is -1.40. The molecule has 2 rings (SSSR count). The number of nitrogens with one attached hydrogen (secondary N) is 2. The molecule has 20 heavy (non-hydrogen) atoms. The molecule has 0 amide bonds. The van der Waals surface area contributed by atoms with E-state index in [4.69, 9.17) is 4.74 Å². The molecule has 0 aliphatic heterocycles. The summed E-state index contributed by atoms with van der Waals surface area (Å²) in [5.74, 6) is 1.53. The van der Waals surface area contributed by atoms with E-state index in [2.05, 4.69) is 33.6 Å². The molecule has 0 radical (unpaired) electrons. The van der Waals surface area contributed by atoms with Gasteiger partial charge in [-0.1, -0.05) is 0 Å². The van der Waals surface area contributed by atoms with Crippen molar-refractivity contribution >= 4 is 33.3 Å². The molecule has 6 heteroatoms. The number of rotatable bonds is 6. The minimum Gasteiger partial charge on any atom is -0.377 e. The highest BCUT2D eigenvalue weighted by Crippen LogP contribution is 2.29. The number of aryl methyl sites for hydroxylation is 1. The second-order valence-corrected chi connectivity index (χ2v) is 6.55. The molecule has 2 aromatic heterocycles. The molecule has 0 bridgehead atoms. The van der Waals surface area contributed by atoms with Crippen LogP contribution in [0.5, 0.6) is 0 Å². The van der Waals surface area contributed by atoms with Crippen molar-refractivity contribution in [3.05, 3.63) is 10.9 Å². The van der Waals surface area contributed by atoms with Crippen molar-refractivity contribution in [2.45, 2.75) is 33.3 Å². The van der Waals surface area contributed by atoms with Gasteiger partial charge in [-0.15, -0.1) is 11.3 Å². The van der Waals surface area contributed by atoms with Crippen LogP contribution in [0, 0.1) is 6.92 Å². The van der Waals surface area contributed by atoms with Gasteiger partial charge in [0.1, 0.15) is 10.6 Å². The molecule has 0 fully saturated rings. The third-order valence-electron chi connectivity index (χ3n) is 3.08. The summed E-state index contributed by atoms with van der Waals surface area (Å²) in [4.78, 5) is 11.3. The van der Waals surface area contributed by atoms with Gasteiger partial charge < -0.3 is 15.4 Å². The van der Waals surface area contributed by atoms with Crippen LogP contribution in [0.3, 0.4) is 0 Å². The van der Waals surface area contributed by atoms with Crippen LogP contribution in [-0.4, -0.2) is 35.8 Å². The smallest absolute Gasteiger partial charge is 0.226 e. The summed E-state index contributed by atoms with van der Waals surface area (Å²) in [6, 6.07) is 2.12. The molecule has 0 atom stereocenters. The topological polar surface area (TPSA) is 59.1 Å². The fourth-order valence-electron chi connectivity index (χ4n) is 1.78. The van der Waals surface area contributed by atoms with Crippen molar-refractivity contribution in [2.75, 3.05) is 30.8 Å². The third kappa shape index (κ3) is 3.37. The fourth-order valence-corrected chi connectivity index (χ4v) is 2.66. The summed E-state index contributed by atoms with van der Waals surface area (Å²) in [6.45, 7) is 9.70. The monoisotopic (exact) mass is 294 g/mol. The minimum absolute atomic E-state index is 0.235. The van der Waals surface area contributed by atoms with E-state index < -0.39 is 0 Å². The number of nitrogens with zero attached hydrogens (tertiary/aromatic N) is 2. The van der Waals surface area contributed by atoms with Gasteiger partial charge in [-0.25, -0.2) is 4.98 Å². The Balaban J connectivity index is 2.34. The van der Waals surface area contributed by atoms with Crippen LogP contribution in [0.1, 0.15) is 25.6 Å². The van der Waals surface area contributed by atoms with Gasteiger partial charge in [0.25, 0.3) is 0 Å². The van der Waals surface area contributed by atoms with E-state index in [0.717, 1.165) is 22.6 Å². The largest absolute Gasteiger partial charge is 0.377 e. The average Bonchev–Trinajstić information content (AvgIpc) is 2.77. The molecule has 110 valence electrons. The second-order valence-electron chi connectivity index (χ2n) is 5.32. The molecular formula is C14H22N4OS.